The molecule has 0 aliphatic heterocycles. The molecule has 0 aliphatic rings. The fraction of sp³-hybridized carbons (Fsp3) is 0.182. The lowest BCUT2D eigenvalue weighted by Gasteiger charge is -1.99. The fourth-order valence-electron chi connectivity index (χ4n) is 1.76. The molecule has 0 bridgehead atoms. The highest BCUT2D eigenvalue weighted by Crippen LogP contribution is 2.30. The molecule has 0 aliphatic carbocycles. The summed E-state index contributed by atoms with van der Waals surface area (Å²) in [6.45, 7) is 1.80. The Bertz CT molecular complexity index is 559. The Hall–Kier alpha value is -1.16. The van der Waals surface area contributed by atoms with E-state index in [4.69, 9.17) is 0 Å². The second-order valence-electron chi connectivity index (χ2n) is 3.43. The summed E-state index contributed by atoms with van der Waals surface area (Å²) in [5.41, 5.74) is 1.93. The van der Waals surface area contributed by atoms with Crippen molar-refractivity contribution in [3.8, 4) is 0 Å². The molecule has 0 saturated carbocycles. The fourth-order valence-corrected chi connectivity index (χ4v) is 2.09. The van der Waals surface area contributed by atoms with Gasteiger partial charge in [0.05, 0.1) is 9.99 Å². The third-order valence-electron chi connectivity index (χ3n) is 2.71. The molecule has 0 N–H and O–H groups in total. The molecule has 0 unspecified atom stereocenters. The Balaban J connectivity index is 3.05. The van der Waals surface area contributed by atoms with Crippen LogP contribution in [-0.4, -0.2) is 10.9 Å². The standard InChI is InChI=1S/C11H9BrFNO/c1-6-7(5-15)10-9(14(6)2)4-3-8(12)11(10)13/h3-5H,1-2H3. The van der Waals surface area contributed by atoms with E-state index in [1.165, 1.54) is 0 Å². The van der Waals surface area contributed by atoms with Gasteiger partial charge in [0, 0.05) is 23.7 Å². The number of aryl methyl sites for hydroxylation is 1. The van der Waals surface area contributed by atoms with Gasteiger partial charge in [-0.25, -0.2) is 4.39 Å². The van der Waals surface area contributed by atoms with Crippen molar-refractivity contribution in [3.63, 3.8) is 0 Å². The van der Waals surface area contributed by atoms with E-state index in [9.17, 15) is 9.18 Å². The van der Waals surface area contributed by atoms with Crippen LogP contribution in [0.3, 0.4) is 0 Å². The zero-order chi connectivity index (χ0) is 11.2. The van der Waals surface area contributed by atoms with Crippen molar-refractivity contribution in [2.45, 2.75) is 6.92 Å². The summed E-state index contributed by atoms with van der Waals surface area (Å²) in [6, 6.07) is 3.44. The lowest BCUT2D eigenvalue weighted by atomic mass is 10.1. The zero-order valence-electron chi connectivity index (χ0n) is 8.34. The first-order valence-corrected chi connectivity index (χ1v) is 5.25. The highest BCUT2D eigenvalue weighted by Gasteiger charge is 2.16. The number of fused-ring (bicyclic) bond motifs is 1. The lowest BCUT2D eigenvalue weighted by Crippen LogP contribution is -1.91. The van der Waals surface area contributed by atoms with Gasteiger partial charge in [-0.2, -0.15) is 0 Å². The van der Waals surface area contributed by atoms with Crippen LogP contribution in [0.1, 0.15) is 16.1 Å². The molecule has 2 nitrogen and oxygen atoms in total. The number of hydrogen-bond acceptors (Lipinski definition) is 1. The van der Waals surface area contributed by atoms with Gasteiger partial charge in [0.25, 0.3) is 0 Å². The largest absolute Gasteiger partial charge is 0.347 e. The number of carbonyl (C=O) groups is 1. The molecule has 2 rings (SSSR count). The van der Waals surface area contributed by atoms with Gasteiger partial charge >= 0.3 is 0 Å². The summed E-state index contributed by atoms with van der Waals surface area (Å²) >= 11 is 3.11. The van der Waals surface area contributed by atoms with Crippen LogP contribution in [0.15, 0.2) is 16.6 Å². The van der Waals surface area contributed by atoms with Crippen LogP contribution in [0.4, 0.5) is 4.39 Å². The number of rotatable bonds is 1. The summed E-state index contributed by atoms with van der Waals surface area (Å²) in [4.78, 5) is 10.9. The number of nitrogens with zero attached hydrogens (tertiary/aromatic N) is 1. The topological polar surface area (TPSA) is 22.0 Å². The highest BCUT2D eigenvalue weighted by molar-refractivity contribution is 9.10. The third kappa shape index (κ3) is 1.32. The first-order chi connectivity index (χ1) is 7.07. The summed E-state index contributed by atoms with van der Waals surface area (Å²) in [6.07, 6.45) is 0.702. The molecule has 0 spiro atoms. The summed E-state index contributed by atoms with van der Waals surface area (Å²) < 4.78 is 16.0. The van der Waals surface area contributed by atoms with Crippen molar-refractivity contribution >= 4 is 33.1 Å². The van der Waals surface area contributed by atoms with Gasteiger partial charge in [0.1, 0.15) is 5.82 Å². The van der Waals surface area contributed by atoms with Crippen LogP contribution in [-0.2, 0) is 7.05 Å². The second-order valence-corrected chi connectivity index (χ2v) is 4.29. The van der Waals surface area contributed by atoms with E-state index in [1.807, 2.05) is 11.6 Å². The minimum absolute atomic E-state index is 0.377. The molecule has 0 radical (unpaired) electrons. The number of benzene rings is 1. The van der Waals surface area contributed by atoms with Crippen molar-refractivity contribution < 1.29 is 9.18 Å². The van der Waals surface area contributed by atoms with E-state index >= 15 is 0 Å². The number of hydrogen-bond donors (Lipinski definition) is 0. The van der Waals surface area contributed by atoms with Crippen molar-refractivity contribution in [1.82, 2.24) is 4.57 Å². The Morgan fingerprint density at radius 1 is 1.47 bits per heavy atom. The van der Waals surface area contributed by atoms with Gasteiger partial charge in [-0.05, 0) is 35.0 Å². The van der Waals surface area contributed by atoms with Gasteiger partial charge in [-0.15, -0.1) is 0 Å². The Morgan fingerprint density at radius 3 is 2.73 bits per heavy atom. The third-order valence-corrected chi connectivity index (χ3v) is 3.33. The highest BCUT2D eigenvalue weighted by atomic mass is 79.9. The first-order valence-electron chi connectivity index (χ1n) is 4.46. The SMILES string of the molecule is Cc1c(C=O)c2c(F)c(Br)ccc2n1C. The number of aldehydes is 1. The van der Waals surface area contributed by atoms with E-state index < -0.39 is 0 Å². The molecule has 15 heavy (non-hydrogen) atoms. The molecule has 78 valence electrons. The maximum atomic E-state index is 13.8. The predicted octanol–water partition coefficient (Wildman–Crippen LogP) is 3.20. The Kier molecular flexibility index (Phi) is 2.38. The number of halogens is 2. The molecule has 1 aromatic heterocycles. The van der Waals surface area contributed by atoms with Gasteiger partial charge in [-0.3, -0.25) is 4.79 Å². The van der Waals surface area contributed by atoms with Crippen LogP contribution < -0.4 is 0 Å². The molecule has 4 heteroatoms. The van der Waals surface area contributed by atoms with E-state index in [1.54, 1.807) is 19.1 Å². The Labute approximate surface area is 94.8 Å². The zero-order valence-corrected chi connectivity index (χ0v) is 9.93. The number of carbonyl (C=O) groups excluding carboxylic acids is 1. The van der Waals surface area contributed by atoms with E-state index in [2.05, 4.69) is 15.9 Å². The molecule has 0 saturated heterocycles. The smallest absolute Gasteiger partial charge is 0.152 e. The molecule has 0 amide bonds. The number of aromatic nitrogens is 1. The molecule has 1 aromatic carbocycles. The van der Waals surface area contributed by atoms with Crippen LogP contribution in [0.25, 0.3) is 10.9 Å². The monoisotopic (exact) mass is 269 g/mol. The van der Waals surface area contributed by atoms with E-state index in [-0.39, 0.29) is 5.82 Å². The van der Waals surface area contributed by atoms with Crippen molar-refractivity contribution in [3.05, 3.63) is 33.7 Å². The first kappa shape index (κ1) is 10.4. The van der Waals surface area contributed by atoms with Crippen molar-refractivity contribution in [2.75, 3.05) is 0 Å². The van der Waals surface area contributed by atoms with Crippen LogP contribution >= 0.6 is 15.9 Å². The van der Waals surface area contributed by atoms with Gasteiger partial charge in [0.2, 0.25) is 0 Å². The molecular weight excluding hydrogens is 261 g/mol. The van der Waals surface area contributed by atoms with Crippen LogP contribution in [0, 0.1) is 12.7 Å². The second kappa shape index (κ2) is 3.45. The summed E-state index contributed by atoms with van der Waals surface area (Å²) in [5.74, 6) is -0.377. The molecule has 2 aromatic rings. The maximum Gasteiger partial charge on any atom is 0.152 e. The van der Waals surface area contributed by atoms with Crippen molar-refractivity contribution in [2.24, 2.45) is 7.05 Å². The van der Waals surface area contributed by atoms with Crippen LogP contribution in [0.5, 0.6) is 0 Å². The quantitative estimate of drug-likeness (QED) is 0.729. The molecule has 0 fully saturated rings. The van der Waals surface area contributed by atoms with Gasteiger partial charge in [-0.1, -0.05) is 0 Å². The van der Waals surface area contributed by atoms with Gasteiger partial charge < -0.3 is 4.57 Å². The van der Waals surface area contributed by atoms with E-state index in [0.29, 0.717) is 21.7 Å². The van der Waals surface area contributed by atoms with E-state index in [0.717, 1.165) is 11.2 Å². The molecular formula is C11H9BrFNO. The Morgan fingerprint density at radius 2 is 2.13 bits per heavy atom. The van der Waals surface area contributed by atoms with Crippen molar-refractivity contribution in [1.29, 1.82) is 0 Å². The minimum atomic E-state index is -0.377. The maximum absolute atomic E-state index is 13.8. The average molecular weight is 270 g/mol. The molecule has 0 atom stereocenters. The summed E-state index contributed by atoms with van der Waals surface area (Å²) in [5, 5.41) is 0.388. The average Bonchev–Trinajstić information content (AvgIpc) is 2.47. The normalized spacial score (nSPS) is 10.9. The summed E-state index contributed by atoms with van der Waals surface area (Å²) in [7, 11) is 1.82. The minimum Gasteiger partial charge on any atom is -0.347 e. The van der Waals surface area contributed by atoms with Gasteiger partial charge in [0.15, 0.2) is 6.29 Å². The molecule has 1 heterocycles. The predicted molar refractivity (Wildman–Crippen MR) is 60.7 cm³/mol. The van der Waals surface area contributed by atoms with Crippen LogP contribution in [0.2, 0.25) is 0 Å². The lowest BCUT2D eigenvalue weighted by molar-refractivity contribution is 0.112.